The molecule has 6 aromatic rings. The number of amides is 2. The number of imide groups is 1. The van der Waals surface area contributed by atoms with E-state index in [9.17, 15) is 9.59 Å². The van der Waals surface area contributed by atoms with Gasteiger partial charge in [0.05, 0.1) is 34.1 Å². The standard InChI is InChI=1S/C28H21N9O2/c38-27-24(21-16-36(18-7-5-12-29-15-18)22-10-3-1-8-19(21)22)25(28(39)31-27)26-20-9-2-4-11-23(20)37(32-26)14-6-13-35-17-30-33-34-35/h1-5,7-12,15-17H,6,13-14H2,(H,31,38,39). The van der Waals surface area contributed by atoms with Gasteiger partial charge in [-0.3, -0.25) is 24.6 Å². The van der Waals surface area contributed by atoms with Crippen LogP contribution >= 0.6 is 0 Å². The first-order chi connectivity index (χ1) is 19.2. The van der Waals surface area contributed by atoms with Crippen molar-refractivity contribution in [3.63, 3.8) is 0 Å². The molecular formula is C28H21N9O2. The average molecular weight is 516 g/mol. The molecule has 1 aliphatic heterocycles. The Labute approximate surface area is 221 Å². The molecule has 2 amide bonds. The Bertz CT molecular complexity index is 1900. The first-order valence-corrected chi connectivity index (χ1v) is 12.5. The Hall–Kier alpha value is -5.45. The SMILES string of the molecule is O=C1NC(=O)C(c2nn(CCCn3cnnn3)c3ccccc23)=C1c1cn(-c2cccnc2)c2ccccc12. The Morgan fingerprint density at radius 3 is 2.41 bits per heavy atom. The number of para-hydroxylation sites is 2. The minimum absolute atomic E-state index is 0.268. The highest BCUT2D eigenvalue weighted by Gasteiger charge is 2.36. The lowest BCUT2D eigenvalue weighted by Gasteiger charge is -2.03. The number of hydrogen-bond acceptors (Lipinski definition) is 7. The monoisotopic (exact) mass is 515 g/mol. The number of nitrogens with one attached hydrogen (secondary N) is 1. The van der Waals surface area contributed by atoms with E-state index in [1.54, 1.807) is 23.4 Å². The van der Waals surface area contributed by atoms with Gasteiger partial charge in [-0.05, 0) is 41.1 Å². The molecular weight excluding hydrogens is 494 g/mol. The predicted molar refractivity (Wildman–Crippen MR) is 143 cm³/mol. The maximum absolute atomic E-state index is 13.3. The molecule has 0 atom stereocenters. The molecule has 0 fully saturated rings. The maximum Gasteiger partial charge on any atom is 0.261 e. The number of tetrazole rings is 1. The van der Waals surface area contributed by atoms with Crippen molar-refractivity contribution in [2.45, 2.75) is 19.5 Å². The van der Waals surface area contributed by atoms with E-state index in [2.05, 4.69) is 25.8 Å². The van der Waals surface area contributed by atoms with Gasteiger partial charge in [0.15, 0.2) is 0 Å². The van der Waals surface area contributed by atoms with E-state index < -0.39 is 11.8 Å². The van der Waals surface area contributed by atoms with Crippen LogP contribution < -0.4 is 5.32 Å². The lowest BCUT2D eigenvalue weighted by atomic mass is 9.97. The van der Waals surface area contributed by atoms with Crippen molar-refractivity contribution >= 4 is 44.8 Å². The van der Waals surface area contributed by atoms with Gasteiger partial charge in [0.1, 0.15) is 12.0 Å². The topological polar surface area (TPSA) is 125 Å². The first kappa shape index (κ1) is 22.7. The molecule has 0 bridgehead atoms. The van der Waals surface area contributed by atoms with Gasteiger partial charge in [-0.15, -0.1) is 5.10 Å². The lowest BCUT2D eigenvalue weighted by molar-refractivity contribution is -0.122. The van der Waals surface area contributed by atoms with Crippen molar-refractivity contribution in [3.05, 3.63) is 96.8 Å². The number of hydrogen-bond donors (Lipinski definition) is 1. The Balaban J connectivity index is 1.39. The third-order valence-corrected chi connectivity index (χ3v) is 6.88. The summed E-state index contributed by atoms with van der Waals surface area (Å²) < 4.78 is 5.51. The summed E-state index contributed by atoms with van der Waals surface area (Å²) in [6.45, 7) is 1.20. The molecule has 0 aliphatic carbocycles. The zero-order valence-corrected chi connectivity index (χ0v) is 20.6. The highest BCUT2D eigenvalue weighted by Crippen LogP contribution is 2.38. The van der Waals surface area contributed by atoms with Gasteiger partial charge in [-0.1, -0.05) is 36.4 Å². The van der Waals surface area contributed by atoms with Crippen molar-refractivity contribution in [3.8, 4) is 5.69 Å². The van der Waals surface area contributed by atoms with Crippen LogP contribution in [0.25, 0.3) is 38.6 Å². The number of carbonyl (C=O) groups excluding carboxylic acids is 2. The summed E-state index contributed by atoms with van der Waals surface area (Å²) in [4.78, 5) is 30.9. The molecule has 1 aliphatic rings. The minimum atomic E-state index is -0.461. The van der Waals surface area contributed by atoms with Crippen molar-refractivity contribution in [1.82, 2.24) is 44.9 Å². The van der Waals surface area contributed by atoms with Gasteiger partial charge < -0.3 is 4.57 Å². The Morgan fingerprint density at radius 2 is 1.62 bits per heavy atom. The van der Waals surface area contributed by atoms with E-state index in [4.69, 9.17) is 5.10 Å². The molecule has 0 spiro atoms. The number of pyridine rings is 1. The molecule has 1 N–H and O–H groups in total. The molecule has 11 heteroatoms. The molecule has 11 nitrogen and oxygen atoms in total. The van der Waals surface area contributed by atoms with E-state index in [1.807, 2.05) is 76.1 Å². The molecule has 4 aromatic heterocycles. The normalized spacial score (nSPS) is 13.6. The van der Waals surface area contributed by atoms with Crippen LogP contribution in [0.1, 0.15) is 17.7 Å². The molecule has 0 unspecified atom stereocenters. The third-order valence-electron chi connectivity index (χ3n) is 6.88. The Kier molecular flexibility index (Phi) is 5.32. The van der Waals surface area contributed by atoms with Gasteiger partial charge in [0.2, 0.25) is 0 Å². The molecule has 5 heterocycles. The fourth-order valence-electron chi connectivity index (χ4n) is 5.17. The van der Waals surface area contributed by atoms with Crippen LogP contribution in [0.15, 0.2) is 85.6 Å². The van der Waals surface area contributed by atoms with Crippen molar-refractivity contribution in [2.24, 2.45) is 0 Å². The second-order valence-corrected chi connectivity index (χ2v) is 9.19. The number of fused-ring (bicyclic) bond motifs is 2. The molecule has 39 heavy (non-hydrogen) atoms. The molecule has 0 saturated carbocycles. The predicted octanol–water partition coefficient (Wildman–Crippen LogP) is 3.02. The third kappa shape index (κ3) is 3.79. The van der Waals surface area contributed by atoms with Crippen LogP contribution in [-0.4, -0.2) is 51.4 Å². The largest absolute Gasteiger partial charge is 0.314 e. The van der Waals surface area contributed by atoms with Gasteiger partial charge >= 0.3 is 0 Å². The Morgan fingerprint density at radius 1 is 0.821 bits per heavy atom. The summed E-state index contributed by atoms with van der Waals surface area (Å²) >= 11 is 0. The van der Waals surface area contributed by atoms with Gasteiger partial charge in [0.25, 0.3) is 11.8 Å². The summed E-state index contributed by atoms with van der Waals surface area (Å²) in [6, 6.07) is 19.3. The van der Waals surface area contributed by atoms with Gasteiger partial charge in [0, 0.05) is 41.8 Å². The van der Waals surface area contributed by atoms with Gasteiger partial charge in [-0.2, -0.15) is 5.10 Å². The molecule has 2 aromatic carbocycles. The zero-order chi connectivity index (χ0) is 26.3. The van der Waals surface area contributed by atoms with Crippen molar-refractivity contribution < 1.29 is 9.59 Å². The number of nitrogens with zero attached hydrogens (tertiary/aromatic N) is 8. The van der Waals surface area contributed by atoms with Crippen LogP contribution in [0.5, 0.6) is 0 Å². The van der Waals surface area contributed by atoms with Crippen molar-refractivity contribution in [2.75, 3.05) is 0 Å². The van der Waals surface area contributed by atoms with Crippen LogP contribution in [-0.2, 0) is 22.7 Å². The number of carbonyl (C=O) groups is 2. The number of aryl methyl sites for hydroxylation is 2. The quantitative estimate of drug-likeness (QED) is 0.324. The van der Waals surface area contributed by atoms with E-state index in [0.29, 0.717) is 29.9 Å². The second kappa shape index (κ2) is 9.14. The van der Waals surface area contributed by atoms with Crippen molar-refractivity contribution in [1.29, 1.82) is 0 Å². The molecule has 0 saturated heterocycles. The molecule has 0 radical (unpaired) electrons. The fourth-order valence-corrected chi connectivity index (χ4v) is 5.17. The number of rotatable bonds is 7. The second-order valence-electron chi connectivity index (χ2n) is 9.19. The summed E-state index contributed by atoms with van der Waals surface area (Å²) in [5, 5.41) is 20.3. The first-order valence-electron chi connectivity index (χ1n) is 12.5. The van der Waals surface area contributed by atoms with E-state index >= 15 is 0 Å². The van der Waals surface area contributed by atoms with Crippen LogP contribution in [0.2, 0.25) is 0 Å². The highest BCUT2D eigenvalue weighted by atomic mass is 16.2. The van der Waals surface area contributed by atoms with E-state index in [0.717, 1.165) is 33.9 Å². The molecule has 7 rings (SSSR count). The average Bonchev–Trinajstić information content (AvgIpc) is 3.75. The van der Waals surface area contributed by atoms with Gasteiger partial charge in [-0.25, -0.2) is 4.68 Å². The van der Waals surface area contributed by atoms with Crippen LogP contribution in [0.3, 0.4) is 0 Å². The van der Waals surface area contributed by atoms with Crippen LogP contribution in [0.4, 0.5) is 0 Å². The lowest BCUT2D eigenvalue weighted by Crippen LogP contribution is -2.22. The summed E-state index contributed by atoms with van der Waals surface area (Å²) in [7, 11) is 0. The smallest absolute Gasteiger partial charge is 0.261 e. The molecule has 190 valence electrons. The number of benzene rings is 2. The highest BCUT2D eigenvalue weighted by molar-refractivity contribution is 6.50. The summed E-state index contributed by atoms with van der Waals surface area (Å²) in [5.74, 6) is -0.904. The summed E-state index contributed by atoms with van der Waals surface area (Å²) in [5.41, 5.74) is 4.34. The number of aromatic nitrogens is 8. The summed E-state index contributed by atoms with van der Waals surface area (Å²) in [6.07, 6.45) is 7.66. The van der Waals surface area contributed by atoms with E-state index in [1.165, 1.54) is 0 Å². The minimum Gasteiger partial charge on any atom is -0.314 e. The van der Waals surface area contributed by atoms with E-state index in [-0.39, 0.29) is 5.57 Å². The maximum atomic E-state index is 13.3. The zero-order valence-electron chi connectivity index (χ0n) is 20.6. The fraction of sp³-hybridized carbons (Fsp3) is 0.107. The van der Waals surface area contributed by atoms with Crippen LogP contribution in [0, 0.1) is 0 Å².